The number of nitrogens with one attached hydrogen (secondary N) is 2. The summed E-state index contributed by atoms with van der Waals surface area (Å²) in [5.74, 6) is -0.645. The Morgan fingerprint density at radius 3 is 2.80 bits per heavy atom. The van der Waals surface area contributed by atoms with Gasteiger partial charge < -0.3 is 29.9 Å². The van der Waals surface area contributed by atoms with Gasteiger partial charge in [-0.3, -0.25) is 14.2 Å². The van der Waals surface area contributed by atoms with E-state index < -0.39 is 25.4 Å². The maximum atomic E-state index is 13.9. The van der Waals surface area contributed by atoms with Gasteiger partial charge >= 0.3 is 7.82 Å². The van der Waals surface area contributed by atoms with Gasteiger partial charge in [-0.15, -0.1) is 11.3 Å². The fourth-order valence-electron chi connectivity index (χ4n) is 4.94. The largest absolute Gasteiger partial charge is 0.493 e. The van der Waals surface area contributed by atoms with Gasteiger partial charge in [-0.25, -0.2) is 28.3 Å². The molecule has 3 heterocycles. The van der Waals surface area contributed by atoms with Gasteiger partial charge in [-0.05, 0) is 44.0 Å². The summed E-state index contributed by atoms with van der Waals surface area (Å²) in [7, 11) is -2.98. The van der Waals surface area contributed by atoms with Crippen molar-refractivity contribution in [1.82, 2.24) is 19.9 Å². The number of phosphoric ester groups is 1. The monoisotopic (exact) mass is 664 g/mol. The number of aromatic nitrogens is 3. The zero-order valence-electron chi connectivity index (χ0n) is 24.1. The highest BCUT2D eigenvalue weighted by Gasteiger charge is 2.27. The van der Waals surface area contributed by atoms with Gasteiger partial charge in [-0.1, -0.05) is 0 Å². The molecule has 0 aliphatic carbocycles. The number of nitrogens with zero attached hydrogens (tertiary/aromatic N) is 4. The number of fused-ring (bicyclic) bond motifs is 1. The summed E-state index contributed by atoms with van der Waals surface area (Å²) in [4.78, 5) is 46.2. The Morgan fingerprint density at radius 1 is 1.18 bits per heavy atom. The number of carbonyl (C=O) groups is 1. The molecule has 1 fully saturated rings. The van der Waals surface area contributed by atoms with E-state index in [1.165, 1.54) is 31.0 Å². The average molecular weight is 665 g/mol. The van der Waals surface area contributed by atoms with Crippen molar-refractivity contribution in [2.24, 2.45) is 0 Å². The number of hydrogen-bond donors (Lipinski definition) is 4. The zero-order valence-corrected chi connectivity index (χ0v) is 25.8. The van der Waals surface area contributed by atoms with E-state index in [1.807, 2.05) is 0 Å². The molecular weight excluding hydrogens is 633 g/mol. The van der Waals surface area contributed by atoms with E-state index in [0.717, 1.165) is 31.5 Å². The van der Waals surface area contributed by atoms with E-state index in [1.54, 1.807) is 12.1 Å². The average Bonchev–Trinajstić information content (AvgIpc) is 3.64. The molecule has 1 amide bonds. The molecule has 45 heavy (non-hydrogen) atoms. The van der Waals surface area contributed by atoms with Gasteiger partial charge in [-0.2, -0.15) is 0 Å². The Morgan fingerprint density at radius 2 is 2.02 bits per heavy atom. The van der Waals surface area contributed by atoms with Gasteiger partial charge in [0.1, 0.15) is 23.8 Å². The van der Waals surface area contributed by atoms with Crippen molar-refractivity contribution in [2.45, 2.75) is 31.7 Å². The first-order chi connectivity index (χ1) is 21.6. The van der Waals surface area contributed by atoms with Crippen molar-refractivity contribution in [3.63, 3.8) is 0 Å². The summed E-state index contributed by atoms with van der Waals surface area (Å²) >= 11 is 1.22. The van der Waals surface area contributed by atoms with Crippen molar-refractivity contribution in [3.8, 4) is 11.5 Å². The molecule has 0 spiro atoms. The van der Waals surface area contributed by atoms with Crippen LogP contribution in [0.3, 0.4) is 0 Å². The van der Waals surface area contributed by atoms with Crippen molar-refractivity contribution in [1.29, 1.82) is 0 Å². The molecule has 2 aromatic carbocycles. The first kappa shape index (κ1) is 32.6. The molecule has 1 aliphatic heterocycles. The maximum Gasteiger partial charge on any atom is 0.469 e. The lowest BCUT2D eigenvalue weighted by Gasteiger charge is -2.24. The van der Waals surface area contributed by atoms with Crippen LogP contribution in [0.1, 0.15) is 24.1 Å². The van der Waals surface area contributed by atoms with Gasteiger partial charge in [0, 0.05) is 41.2 Å². The number of methoxy groups -OCH3 is 1. The molecule has 1 saturated heterocycles. The number of carbonyl (C=O) groups excluding carboxylic acids is 1. The molecule has 0 radical (unpaired) electrons. The molecular formula is C28H31F2N6O7PS. The van der Waals surface area contributed by atoms with Gasteiger partial charge in [0.15, 0.2) is 16.6 Å². The summed E-state index contributed by atoms with van der Waals surface area (Å²) in [5, 5.41) is 6.69. The number of thiazole rings is 1. The lowest BCUT2D eigenvalue weighted by atomic mass is 10.2. The minimum absolute atomic E-state index is 0.0178. The molecule has 1 aliphatic rings. The van der Waals surface area contributed by atoms with Crippen molar-refractivity contribution >= 4 is 52.6 Å². The molecule has 240 valence electrons. The number of hydrogen-bond acceptors (Lipinski definition) is 11. The molecule has 2 aromatic heterocycles. The molecule has 4 N–H and O–H groups in total. The van der Waals surface area contributed by atoms with Crippen LogP contribution in [-0.4, -0.2) is 75.0 Å². The van der Waals surface area contributed by atoms with Crippen LogP contribution < -0.4 is 20.1 Å². The van der Waals surface area contributed by atoms with Crippen molar-refractivity contribution in [3.05, 3.63) is 59.4 Å². The van der Waals surface area contributed by atoms with E-state index in [9.17, 15) is 18.1 Å². The Balaban J connectivity index is 1.18. The molecule has 0 bridgehead atoms. The number of ether oxygens (including phenoxy) is 2. The van der Waals surface area contributed by atoms with Crippen LogP contribution in [0.25, 0.3) is 10.9 Å². The van der Waals surface area contributed by atoms with Crippen LogP contribution >= 0.6 is 19.2 Å². The quantitative estimate of drug-likeness (QED) is 0.109. The van der Waals surface area contributed by atoms with Crippen molar-refractivity contribution in [2.75, 3.05) is 44.0 Å². The summed E-state index contributed by atoms with van der Waals surface area (Å²) in [6, 6.07) is 6.37. The van der Waals surface area contributed by atoms with Gasteiger partial charge in [0.05, 0.1) is 37.9 Å². The predicted molar refractivity (Wildman–Crippen MR) is 163 cm³/mol. The SMILES string of the molecule is COc1cc2c(Nc3ncc(CC(=O)Nc4ccc(F)cc4F)s3)ncnc2cc1OCCCN1CCC[C@H]1COP(=O)(O)O. The fraction of sp³-hybridized carbons (Fsp3) is 0.357. The summed E-state index contributed by atoms with van der Waals surface area (Å²) < 4.78 is 54.4. The lowest BCUT2D eigenvalue weighted by molar-refractivity contribution is -0.115. The fourth-order valence-corrected chi connectivity index (χ4v) is 6.12. The van der Waals surface area contributed by atoms with E-state index in [4.69, 9.17) is 23.8 Å². The highest BCUT2D eigenvalue weighted by Crippen LogP contribution is 2.37. The highest BCUT2D eigenvalue weighted by atomic mass is 32.1. The molecule has 1 atom stereocenters. The number of phosphoric acid groups is 1. The van der Waals surface area contributed by atoms with Crippen LogP contribution in [0.5, 0.6) is 11.5 Å². The van der Waals surface area contributed by atoms with E-state index in [-0.39, 0.29) is 24.8 Å². The lowest BCUT2D eigenvalue weighted by Crippen LogP contribution is -2.34. The molecule has 0 saturated carbocycles. The van der Waals surface area contributed by atoms with E-state index in [2.05, 4.69) is 30.5 Å². The number of benzene rings is 2. The van der Waals surface area contributed by atoms with E-state index in [0.29, 0.717) is 63.9 Å². The second-order valence-electron chi connectivity index (χ2n) is 10.2. The molecule has 5 rings (SSSR count). The Kier molecular flexibility index (Phi) is 10.5. The summed E-state index contributed by atoms with van der Waals surface area (Å²) in [5.41, 5.74) is 0.482. The number of amides is 1. The molecule has 4 aromatic rings. The standard InChI is InChI=1S/C28H31F2N6O7PS/c1-41-24-12-20-23(13-25(24)42-9-3-8-36-7-2-4-18(36)15-43-44(38,39)40)32-16-33-27(20)35-28-31-14-19(45-28)11-26(37)34-22-6-5-17(29)10-21(22)30/h5-6,10,12-14,16,18H,2-4,7-9,11,15H2,1H3,(H,34,37)(H2,38,39,40)(H,31,32,33,35)/t18-/m0/s1. The first-order valence-corrected chi connectivity index (χ1v) is 16.3. The predicted octanol–water partition coefficient (Wildman–Crippen LogP) is 4.64. The molecule has 13 nitrogen and oxygen atoms in total. The molecule has 0 unspecified atom stereocenters. The summed E-state index contributed by atoms with van der Waals surface area (Å²) in [6.45, 7) is 1.87. The first-order valence-electron chi connectivity index (χ1n) is 13.9. The van der Waals surface area contributed by atoms with Crippen molar-refractivity contribution < 1.29 is 41.9 Å². The number of likely N-dealkylation sites (tertiary alicyclic amines) is 1. The second-order valence-corrected chi connectivity index (χ2v) is 12.5. The van der Waals surface area contributed by atoms with Crippen LogP contribution in [0.4, 0.5) is 25.4 Å². The van der Waals surface area contributed by atoms with Gasteiger partial charge in [0.25, 0.3) is 0 Å². The highest BCUT2D eigenvalue weighted by molar-refractivity contribution is 7.46. The third-order valence-electron chi connectivity index (χ3n) is 7.02. The minimum Gasteiger partial charge on any atom is -0.493 e. The van der Waals surface area contributed by atoms with Crippen LogP contribution in [0.2, 0.25) is 0 Å². The van der Waals surface area contributed by atoms with Crippen LogP contribution in [0.15, 0.2) is 42.9 Å². The normalized spacial score (nSPS) is 15.4. The Labute approximate surface area is 260 Å². The van der Waals surface area contributed by atoms with Gasteiger partial charge in [0.2, 0.25) is 5.91 Å². The van der Waals surface area contributed by atoms with E-state index >= 15 is 0 Å². The Bertz CT molecular complexity index is 1710. The number of anilines is 3. The number of halogens is 2. The minimum atomic E-state index is -4.50. The molecule has 17 heteroatoms. The smallest absolute Gasteiger partial charge is 0.469 e. The van der Waals surface area contributed by atoms with Crippen LogP contribution in [0, 0.1) is 11.6 Å². The third-order valence-corrected chi connectivity index (χ3v) is 8.42. The second kappa shape index (κ2) is 14.5. The maximum absolute atomic E-state index is 13.9. The topological polar surface area (TPSA) is 168 Å². The number of rotatable bonds is 14. The zero-order chi connectivity index (χ0) is 32.0. The van der Waals surface area contributed by atoms with Crippen LogP contribution in [-0.2, 0) is 20.3 Å². The third kappa shape index (κ3) is 8.90. The summed E-state index contributed by atoms with van der Waals surface area (Å²) in [6.07, 6.45) is 5.28. The Hall–Kier alpha value is -3.79.